The van der Waals surface area contributed by atoms with E-state index in [1.807, 2.05) is 25.1 Å². The summed E-state index contributed by atoms with van der Waals surface area (Å²) in [6, 6.07) is 13.6. The molecule has 0 saturated heterocycles. The Kier molecular flexibility index (Phi) is 5.64. The molecule has 0 saturated carbocycles. The Bertz CT molecular complexity index is 1070. The molecule has 0 radical (unpaired) electrons. The van der Waals surface area contributed by atoms with Crippen LogP contribution in [-0.2, 0) is 6.54 Å². The monoisotopic (exact) mass is 376 g/mol. The molecule has 3 rings (SSSR count). The lowest BCUT2D eigenvalue weighted by Crippen LogP contribution is -2.32. The molecule has 1 aromatic carbocycles. The zero-order chi connectivity index (χ0) is 20.1. The van der Waals surface area contributed by atoms with Gasteiger partial charge in [-0.1, -0.05) is 29.8 Å². The zero-order valence-corrected chi connectivity index (χ0v) is 15.6. The standard InChI is InChI=1S/C21H20N4O3/c1-14-4-3-5-16(10-14)20(22)24-21(27)17-7-9-19(26)25(13-17)12-15-6-8-18(28-2)23-11-15/h3-11,13H,12H2,1-2H3,(H2,22,24,27). The van der Waals surface area contributed by atoms with E-state index in [0.717, 1.165) is 11.1 Å². The van der Waals surface area contributed by atoms with E-state index < -0.39 is 5.91 Å². The molecule has 0 aliphatic rings. The molecule has 2 heterocycles. The summed E-state index contributed by atoms with van der Waals surface area (Å²) >= 11 is 0. The average Bonchev–Trinajstić information content (AvgIpc) is 2.70. The van der Waals surface area contributed by atoms with Crippen LogP contribution in [0.2, 0.25) is 0 Å². The van der Waals surface area contributed by atoms with E-state index in [-0.39, 0.29) is 17.9 Å². The molecule has 2 N–H and O–H groups in total. The smallest absolute Gasteiger partial charge is 0.258 e. The first kappa shape index (κ1) is 19.0. The second kappa shape index (κ2) is 8.30. The van der Waals surface area contributed by atoms with E-state index in [2.05, 4.69) is 10.3 Å². The Morgan fingerprint density at radius 2 is 2.00 bits per heavy atom. The molecule has 3 aromatic rings. The second-order valence-electron chi connectivity index (χ2n) is 6.29. The lowest BCUT2D eigenvalue weighted by molar-refractivity contribution is 0.0976. The van der Waals surface area contributed by atoms with Crippen LogP contribution in [-0.4, -0.2) is 28.4 Å². The Morgan fingerprint density at radius 1 is 1.18 bits per heavy atom. The minimum absolute atomic E-state index is 0.00537. The van der Waals surface area contributed by atoms with Gasteiger partial charge in [0.1, 0.15) is 5.84 Å². The van der Waals surface area contributed by atoms with Crippen molar-refractivity contribution in [2.75, 3.05) is 7.11 Å². The molecule has 28 heavy (non-hydrogen) atoms. The fraction of sp³-hybridized carbons (Fsp3) is 0.143. The fourth-order valence-electron chi connectivity index (χ4n) is 2.67. The van der Waals surface area contributed by atoms with Crippen molar-refractivity contribution in [3.8, 4) is 5.88 Å². The normalized spacial score (nSPS) is 10.4. The van der Waals surface area contributed by atoms with Gasteiger partial charge in [-0.25, -0.2) is 4.98 Å². The minimum Gasteiger partial charge on any atom is -0.481 e. The molecule has 7 heteroatoms. The number of methoxy groups -OCH3 is 1. The van der Waals surface area contributed by atoms with Gasteiger partial charge in [-0.3, -0.25) is 15.0 Å². The summed E-state index contributed by atoms with van der Waals surface area (Å²) in [6.45, 7) is 2.19. The number of aryl methyl sites for hydroxylation is 1. The summed E-state index contributed by atoms with van der Waals surface area (Å²) in [5, 5.41) is 10.7. The van der Waals surface area contributed by atoms with E-state index in [1.54, 1.807) is 24.4 Å². The molecule has 0 spiro atoms. The van der Waals surface area contributed by atoms with Gasteiger partial charge in [0.15, 0.2) is 0 Å². The number of amides is 1. The Labute approximate surface area is 162 Å². The summed E-state index contributed by atoms with van der Waals surface area (Å²) in [5.74, 6) is 0.0396. The van der Waals surface area contributed by atoms with Crippen LogP contribution in [0.4, 0.5) is 0 Å². The van der Waals surface area contributed by atoms with Gasteiger partial charge in [0.05, 0.1) is 19.2 Å². The SMILES string of the molecule is COc1ccc(Cn2cc(C(=O)NC(=N)c3cccc(C)c3)ccc2=O)cn1. The molecule has 0 unspecified atom stereocenters. The van der Waals surface area contributed by atoms with E-state index in [4.69, 9.17) is 10.1 Å². The van der Waals surface area contributed by atoms with E-state index in [0.29, 0.717) is 17.0 Å². The molecular formula is C21H20N4O3. The third-order valence-corrected chi connectivity index (χ3v) is 4.15. The van der Waals surface area contributed by atoms with Gasteiger partial charge in [0.2, 0.25) is 5.88 Å². The summed E-state index contributed by atoms with van der Waals surface area (Å²) in [4.78, 5) is 28.8. The highest BCUT2D eigenvalue weighted by atomic mass is 16.5. The molecule has 0 aliphatic heterocycles. The van der Waals surface area contributed by atoms with Crippen LogP contribution in [0.3, 0.4) is 0 Å². The lowest BCUT2D eigenvalue weighted by atomic mass is 10.1. The van der Waals surface area contributed by atoms with Crippen LogP contribution < -0.4 is 15.6 Å². The maximum atomic E-state index is 12.5. The van der Waals surface area contributed by atoms with Gasteiger partial charge in [0.25, 0.3) is 11.5 Å². The average molecular weight is 376 g/mol. The summed E-state index contributed by atoms with van der Waals surface area (Å²) in [6.07, 6.45) is 3.09. The third kappa shape index (κ3) is 4.50. The van der Waals surface area contributed by atoms with Gasteiger partial charge in [0, 0.05) is 30.1 Å². The van der Waals surface area contributed by atoms with Gasteiger partial charge < -0.3 is 14.6 Å². The van der Waals surface area contributed by atoms with Crippen molar-refractivity contribution in [3.05, 3.63) is 93.5 Å². The van der Waals surface area contributed by atoms with Crippen LogP contribution in [0.15, 0.2) is 65.7 Å². The molecule has 0 aliphatic carbocycles. The largest absolute Gasteiger partial charge is 0.481 e. The second-order valence-corrected chi connectivity index (χ2v) is 6.29. The van der Waals surface area contributed by atoms with Crippen LogP contribution in [0, 0.1) is 12.3 Å². The molecule has 0 fully saturated rings. The van der Waals surface area contributed by atoms with E-state index in [1.165, 1.54) is 30.0 Å². The first-order valence-electron chi connectivity index (χ1n) is 8.62. The number of hydrogen-bond acceptors (Lipinski definition) is 5. The van der Waals surface area contributed by atoms with Crippen molar-refractivity contribution >= 4 is 11.7 Å². The molecule has 7 nitrogen and oxygen atoms in total. The van der Waals surface area contributed by atoms with Crippen LogP contribution in [0.1, 0.15) is 27.0 Å². The zero-order valence-electron chi connectivity index (χ0n) is 15.6. The maximum absolute atomic E-state index is 12.5. The van der Waals surface area contributed by atoms with Crippen molar-refractivity contribution < 1.29 is 9.53 Å². The molecule has 0 atom stereocenters. The predicted octanol–water partition coefficient (Wildman–Crippen LogP) is 2.36. The minimum atomic E-state index is -0.451. The van der Waals surface area contributed by atoms with E-state index in [9.17, 15) is 9.59 Å². The predicted molar refractivity (Wildman–Crippen MR) is 106 cm³/mol. The van der Waals surface area contributed by atoms with Crippen molar-refractivity contribution in [3.63, 3.8) is 0 Å². The van der Waals surface area contributed by atoms with Crippen molar-refractivity contribution in [2.24, 2.45) is 0 Å². The van der Waals surface area contributed by atoms with Crippen molar-refractivity contribution in [1.82, 2.24) is 14.9 Å². The number of ether oxygens (including phenoxy) is 1. The Balaban J connectivity index is 1.77. The van der Waals surface area contributed by atoms with Crippen LogP contribution in [0.25, 0.3) is 0 Å². The molecule has 0 bridgehead atoms. The molecule has 2 aromatic heterocycles. The fourth-order valence-corrected chi connectivity index (χ4v) is 2.67. The summed E-state index contributed by atoms with van der Waals surface area (Å²) in [7, 11) is 1.53. The van der Waals surface area contributed by atoms with Gasteiger partial charge in [-0.15, -0.1) is 0 Å². The van der Waals surface area contributed by atoms with E-state index >= 15 is 0 Å². The number of carbonyl (C=O) groups excluding carboxylic acids is 1. The number of aromatic nitrogens is 2. The number of hydrogen-bond donors (Lipinski definition) is 2. The first-order valence-corrected chi connectivity index (χ1v) is 8.62. The molecular weight excluding hydrogens is 356 g/mol. The highest BCUT2D eigenvalue weighted by Crippen LogP contribution is 2.08. The number of nitrogens with zero attached hydrogens (tertiary/aromatic N) is 2. The highest BCUT2D eigenvalue weighted by molar-refractivity contribution is 6.11. The van der Waals surface area contributed by atoms with Crippen LogP contribution >= 0.6 is 0 Å². The number of pyridine rings is 2. The molecule has 1 amide bonds. The van der Waals surface area contributed by atoms with Crippen LogP contribution in [0.5, 0.6) is 5.88 Å². The van der Waals surface area contributed by atoms with Gasteiger partial charge in [-0.2, -0.15) is 0 Å². The quantitative estimate of drug-likeness (QED) is 0.528. The number of rotatable bonds is 5. The van der Waals surface area contributed by atoms with Gasteiger partial charge >= 0.3 is 0 Å². The van der Waals surface area contributed by atoms with Gasteiger partial charge in [-0.05, 0) is 24.6 Å². The number of benzene rings is 1. The van der Waals surface area contributed by atoms with Crippen molar-refractivity contribution in [1.29, 1.82) is 5.41 Å². The number of amidine groups is 1. The topological polar surface area (TPSA) is 97.1 Å². The Morgan fingerprint density at radius 3 is 2.68 bits per heavy atom. The third-order valence-electron chi connectivity index (χ3n) is 4.15. The first-order chi connectivity index (χ1) is 13.5. The summed E-state index contributed by atoms with van der Waals surface area (Å²) < 4.78 is 6.45. The Hall–Kier alpha value is -3.74. The van der Waals surface area contributed by atoms with Crippen molar-refractivity contribution in [2.45, 2.75) is 13.5 Å². The molecule has 142 valence electrons. The number of nitrogens with one attached hydrogen (secondary N) is 2. The lowest BCUT2D eigenvalue weighted by Gasteiger charge is -2.10. The summed E-state index contributed by atoms with van der Waals surface area (Å²) in [5.41, 5.74) is 2.47. The number of carbonyl (C=O) groups is 1. The highest BCUT2D eigenvalue weighted by Gasteiger charge is 2.11. The maximum Gasteiger partial charge on any atom is 0.258 e.